The minimum Gasteiger partial charge on any atom is -0.472 e. The van der Waals surface area contributed by atoms with E-state index >= 15 is 0 Å². The van der Waals surface area contributed by atoms with Crippen LogP contribution in [-0.2, 0) is 19.6 Å². The van der Waals surface area contributed by atoms with Crippen LogP contribution in [0.5, 0.6) is 5.88 Å². The number of fused-ring (bicyclic) bond motifs is 1. The second-order valence-electron chi connectivity index (χ2n) is 7.60. The summed E-state index contributed by atoms with van der Waals surface area (Å²) < 4.78 is 24.4. The van der Waals surface area contributed by atoms with E-state index in [4.69, 9.17) is 9.15 Å². The number of hydrogen-bond acceptors (Lipinski definition) is 6. The van der Waals surface area contributed by atoms with Crippen LogP contribution >= 0.6 is 0 Å². The van der Waals surface area contributed by atoms with Crippen LogP contribution in [0.15, 0.2) is 77.5 Å². The lowest BCUT2D eigenvalue weighted by Crippen LogP contribution is -2.25. The van der Waals surface area contributed by atoms with Gasteiger partial charge in [0.25, 0.3) is 5.91 Å². The third-order valence-corrected chi connectivity index (χ3v) is 5.41. The summed E-state index contributed by atoms with van der Waals surface area (Å²) in [6.45, 7) is 1.09. The van der Waals surface area contributed by atoms with Crippen molar-refractivity contribution < 1.29 is 18.3 Å². The van der Waals surface area contributed by atoms with E-state index in [-0.39, 0.29) is 36.3 Å². The monoisotopic (exact) mass is 444 g/mol. The zero-order valence-corrected chi connectivity index (χ0v) is 17.7. The average Bonchev–Trinajstić information content (AvgIpc) is 3.52. The van der Waals surface area contributed by atoms with E-state index in [0.717, 1.165) is 24.2 Å². The number of ether oxygens (including phenoxy) is 1. The van der Waals surface area contributed by atoms with Gasteiger partial charge in [0.05, 0.1) is 12.8 Å². The number of benzene rings is 2. The second kappa shape index (κ2) is 9.12. The van der Waals surface area contributed by atoms with Crippen molar-refractivity contribution in [3.05, 3.63) is 101 Å². The molecule has 0 unspecified atom stereocenters. The topological polar surface area (TPSA) is 80.5 Å². The van der Waals surface area contributed by atoms with Gasteiger partial charge in [0.15, 0.2) is 0 Å². The Morgan fingerprint density at radius 2 is 1.97 bits per heavy atom. The molecule has 1 aliphatic heterocycles. The van der Waals surface area contributed by atoms with Gasteiger partial charge in [-0.25, -0.2) is 9.37 Å². The lowest BCUT2D eigenvalue weighted by atomic mass is 10.2. The number of para-hydroxylation sites is 1. The number of anilines is 2. The summed E-state index contributed by atoms with van der Waals surface area (Å²) in [6.07, 6.45) is 3.90. The largest absolute Gasteiger partial charge is 0.472 e. The minimum absolute atomic E-state index is 0.131. The summed E-state index contributed by atoms with van der Waals surface area (Å²) in [7, 11) is 0. The normalized spacial score (nSPS) is 12.5. The Labute approximate surface area is 189 Å². The van der Waals surface area contributed by atoms with E-state index in [9.17, 15) is 9.18 Å². The van der Waals surface area contributed by atoms with Crippen LogP contribution in [0.1, 0.15) is 27.2 Å². The molecule has 0 bridgehead atoms. The lowest BCUT2D eigenvalue weighted by Gasteiger charge is -2.19. The van der Waals surface area contributed by atoms with Crippen molar-refractivity contribution >= 4 is 17.5 Å². The van der Waals surface area contributed by atoms with Gasteiger partial charge < -0.3 is 19.4 Å². The van der Waals surface area contributed by atoms with E-state index < -0.39 is 0 Å². The number of carbonyl (C=O) groups is 1. The molecule has 166 valence electrons. The summed E-state index contributed by atoms with van der Waals surface area (Å²) in [5.74, 6) is 0.535. The first-order valence-electron chi connectivity index (χ1n) is 10.6. The Bertz CT molecular complexity index is 1260. The summed E-state index contributed by atoms with van der Waals surface area (Å²) in [5, 5.41) is 2.80. The number of rotatable bonds is 7. The molecule has 7 nitrogen and oxygen atoms in total. The number of nitrogens with zero attached hydrogens (tertiary/aromatic N) is 3. The molecule has 2 aromatic heterocycles. The van der Waals surface area contributed by atoms with Gasteiger partial charge in [0, 0.05) is 18.4 Å². The summed E-state index contributed by atoms with van der Waals surface area (Å²) in [6, 6.07) is 17.6. The third kappa shape index (κ3) is 4.55. The van der Waals surface area contributed by atoms with E-state index in [0.29, 0.717) is 11.7 Å². The molecule has 0 saturated heterocycles. The summed E-state index contributed by atoms with van der Waals surface area (Å²) in [4.78, 5) is 23.9. The first-order valence-corrected chi connectivity index (χ1v) is 10.6. The molecule has 1 amide bonds. The molecule has 2 aromatic carbocycles. The van der Waals surface area contributed by atoms with E-state index in [2.05, 4.69) is 21.4 Å². The number of hydrogen-bond donors (Lipinski definition) is 1. The molecule has 0 spiro atoms. The zero-order valence-electron chi connectivity index (χ0n) is 17.7. The van der Waals surface area contributed by atoms with Crippen molar-refractivity contribution in [2.75, 3.05) is 11.4 Å². The van der Waals surface area contributed by atoms with Crippen LogP contribution in [0, 0.1) is 5.82 Å². The lowest BCUT2D eigenvalue weighted by molar-refractivity contribution is 0.0942. The SMILES string of the molecule is O=C(NCc1ccco1)c1cnc(N2CCc3ccccc32)nc1OCc1ccc(F)cc1. The van der Waals surface area contributed by atoms with E-state index in [1.165, 1.54) is 23.9 Å². The molecule has 8 heteroatoms. The Morgan fingerprint density at radius 3 is 2.79 bits per heavy atom. The number of halogens is 1. The molecule has 3 heterocycles. The molecule has 0 saturated carbocycles. The van der Waals surface area contributed by atoms with Gasteiger partial charge in [-0.15, -0.1) is 0 Å². The van der Waals surface area contributed by atoms with Gasteiger partial charge in [-0.1, -0.05) is 30.3 Å². The van der Waals surface area contributed by atoms with Crippen molar-refractivity contribution in [1.29, 1.82) is 0 Å². The highest BCUT2D eigenvalue weighted by Crippen LogP contribution is 2.33. The van der Waals surface area contributed by atoms with Crippen LogP contribution < -0.4 is 15.0 Å². The third-order valence-electron chi connectivity index (χ3n) is 5.41. The van der Waals surface area contributed by atoms with Crippen LogP contribution in [0.2, 0.25) is 0 Å². The number of furan rings is 1. The molecule has 5 rings (SSSR count). The Morgan fingerprint density at radius 1 is 1.12 bits per heavy atom. The Balaban J connectivity index is 1.41. The highest BCUT2D eigenvalue weighted by Gasteiger charge is 2.24. The van der Waals surface area contributed by atoms with Gasteiger partial charge in [-0.05, 0) is 47.9 Å². The van der Waals surface area contributed by atoms with Gasteiger partial charge in [0.1, 0.15) is 23.7 Å². The van der Waals surface area contributed by atoms with Gasteiger partial charge >= 0.3 is 0 Å². The molecule has 0 radical (unpaired) electrons. The van der Waals surface area contributed by atoms with Crippen LogP contribution in [0.25, 0.3) is 0 Å². The van der Waals surface area contributed by atoms with Crippen LogP contribution in [-0.4, -0.2) is 22.4 Å². The highest BCUT2D eigenvalue weighted by molar-refractivity contribution is 5.96. The molecule has 33 heavy (non-hydrogen) atoms. The summed E-state index contributed by atoms with van der Waals surface area (Å²) in [5.41, 5.74) is 3.22. The average molecular weight is 444 g/mol. The first kappa shape index (κ1) is 20.7. The van der Waals surface area contributed by atoms with Crippen LogP contribution in [0.4, 0.5) is 16.0 Å². The smallest absolute Gasteiger partial charge is 0.258 e. The second-order valence-corrected chi connectivity index (χ2v) is 7.60. The maximum atomic E-state index is 13.2. The van der Waals surface area contributed by atoms with Crippen molar-refractivity contribution in [3.63, 3.8) is 0 Å². The number of nitrogens with one attached hydrogen (secondary N) is 1. The first-order chi connectivity index (χ1) is 16.2. The number of aromatic nitrogens is 2. The maximum Gasteiger partial charge on any atom is 0.258 e. The van der Waals surface area contributed by atoms with E-state index in [1.807, 2.05) is 23.1 Å². The molecular weight excluding hydrogens is 423 g/mol. The predicted octanol–water partition coefficient (Wildman–Crippen LogP) is 4.41. The molecular formula is C25H21FN4O3. The molecule has 1 aliphatic rings. The fraction of sp³-hybridized carbons (Fsp3) is 0.160. The van der Waals surface area contributed by atoms with Crippen LogP contribution in [0.3, 0.4) is 0 Å². The highest BCUT2D eigenvalue weighted by atomic mass is 19.1. The van der Waals surface area contributed by atoms with Gasteiger partial charge in [-0.2, -0.15) is 4.98 Å². The van der Waals surface area contributed by atoms with Crippen molar-refractivity contribution in [2.45, 2.75) is 19.6 Å². The van der Waals surface area contributed by atoms with E-state index in [1.54, 1.807) is 30.5 Å². The molecule has 0 atom stereocenters. The van der Waals surface area contributed by atoms with Crippen molar-refractivity contribution in [3.8, 4) is 5.88 Å². The Kier molecular flexibility index (Phi) is 5.72. The van der Waals surface area contributed by atoms with Gasteiger partial charge in [0.2, 0.25) is 11.8 Å². The molecule has 1 N–H and O–H groups in total. The fourth-order valence-corrected chi connectivity index (χ4v) is 3.71. The quantitative estimate of drug-likeness (QED) is 0.455. The maximum absolute atomic E-state index is 13.2. The number of amides is 1. The van der Waals surface area contributed by atoms with Crippen molar-refractivity contribution in [2.24, 2.45) is 0 Å². The standard InChI is InChI=1S/C25H21FN4O3/c26-19-9-7-17(8-10-19)16-33-24-21(23(31)27-14-20-5-3-13-32-20)15-28-25(29-24)30-12-11-18-4-1-2-6-22(18)30/h1-10,13,15H,11-12,14,16H2,(H,27,31). The fourth-order valence-electron chi connectivity index (χ4n) is 3.71. The molecule has 0 fully saturated rings. The van der Waals surface area contributed by atoms with Gasteiger partial charge in [-0.3, -0.25) is 4.79 Å². The summed E-state index contributed by atoms with van der Waals surface area (Å²) >= 11 is 0. The predicted molar refractivity (Wildman–Crippen MR) is 120 cm³/mol. The zero-order chi connectivity index (χ0) is 22.6. The molecule has 4 aromatic rings. The minimum atomic E-state index is -0.381. The van der Waals surface area contributed by atoms with Crippen molar-refractivity contribution in [1.82, 2.24) is 15.3 Å². The Hall–Kier alpha value is -4.20. The number of carbonyl (C=O) groups excluding carboxylic acids is 1. The molecule has 0 aliphatic carbocycles.